The Bertz CT molecular complexity index is 1240. The summed E-state index contributed by atoms with van der Waals surface area (Å²) >= 11 is 0.884. The zero-order chi connectivity index (χ0) is 24.6. The molecule has 34 heavy (non-hydrogen) atoms. The second-order valence-electron chi connectivity index (χ2n) is 8.00. The summed E-state index contributed by atoms with van der Waals surface area (Å²) in [7, 11) is 0. The van der Waals surface area contributed by atoms with Gasteiger partial charge in [0.15, 0.2) is 27.1 Å². The molecule has 0 N–H and O–H groups in total. The first-order chi connectivity index (χ1) is 16.1. The summed E-state index contributed by atoms with van der Waals surface area (Å²) in [6.07, 6.45) is -7.40. The number of carbonyl (C=O) groups is 1. The maximum Gasteiger partial charge on any atom is 0.396 e. The molecule has 0 amide bonds. The van der Waals surface area contributed by atoms with Crippen LogP contribution < -0.4 is 10.5 Å². The normalized spacial score (nSPS) is 17.6. The first-order valence-electron chi connectivity index (χ1n) is 10.7. The third-order valence-electron chi connectivity index (χ3n) is 5.92. The van der Waals surface area contributed by atoms with Crippen LogP contribution in [-0.2, 0) is 11.3 Å². The number of nitrogens with zero attached hydrogens (tertiary/aromatic N) is 4. The topological polar surface area (TPSA) is 68.1 Å². The molecule has 0 aliphatic carbocycles. The molecule has 12 heteroatoms. The molecular formula is C22H21F5N4O2S. The molecule has 0 saturated carbocycles. The van der Waals surface area contributed by atoms with Crippen molar-refractivity contribution in [3.8, 4) is 0 Å². The molecule has 1 aliphatic heterocycles. The zero-order valence-electron chi connectivity index (χ0n) is 18.1. The van der Waals surface area contributed by atoms with Crippen LogP contribution in [0.2, 0.25) is 0 Å². The predicted molar refractivity (Wildman–Crippen MR) is 118 cm³/mol. The van der Waals surface area contributed by atoms with Crippen molar-refractivity contribution < 1.29 is 26.7 Å². The van der Waals surface area contributed by atoms with E-state index in [9.17, 15) is 31.5 Å². The van der Waals surface area contributed by atoms with Crippen molar-refractivity contribution in [1.82, 2.24) is 14.5 Å². The van der Waals surface area contributed by atoms with Gasteiger partial charge in [-0.1, -0.05) is 41.7 Å². The molecule has 0 bridgehead atoms. The van der Waals surface area contributed by atoms with Gasteiger partial charge in [-0.2, -0.15) is 13.2 Å². The Balaban J connectivity index is 1.65. The van der Waals surface area contributed by atoms with Crippen LogP contribution in [0.25, 0.3) is 10.3 Å². The fourth-order valence-electron chi connectivity index (χ4n) is 4.28. The number of hydrogen-bond donors (Lipinski definition) is 0. The van der Waals surface area contributed by atoms with E-state index in [1.54, 1.807) is 11.0 Å². The molecule has 1 saturated heterocycles. The summed E-state index contributed by atoms with van der Waals surface area (Å²) in [5.41, 5.74) is -0.799. The van der Waals surface area contributed by atoms with Gasteiger partial charge in [0.2, 0.25) is 0 Å². The molecule has 3 heterocycles. The van der Waals surface area contributed by atoms with Crippen LogP contribution >= 0.6 is 11.3 Å². The molecule has 182 valence electrons. The number of rotatable bonds is 7. The van der Waals surface area contributed by atoms with Crippen LogP contribution in [0.5, 0.6) is 0 Å². The first kappa shape index (κ1) is 24.2. The van der Waals surface area contributed by atoms with Gasteiger partial charge in [0.1, 0.15) is 0 Å². The molecule has 2 aromatic heterocycles. The molecule has 4 rings (SSSR count). The Morgan fingerprint density at radius 1 is 1.21 bits per heavy atom. The van der Waals surface area contributed by atoms with E-state index in [1.807, 2.05) is 0 Å². The van der Waals surface area contributed by atoms with Crippen LogP contribution in [0.15, 0.2) is 35.1 Å². The quantitative estimate of drug-likeness (QED) is 0.423. The molecule has 0 radical (unpaired) electrons. The molecule has 0 spiro atoms. The number of benzene rings is 1. The summed E-state index contributed by atoms with van der Waals surface area (Å²) in [4.78, 5) is 35.4. The van der Waals surface area contributed by atoms with E-state index in [4.69, 9.17) is 0 Å². The summed E-state index contributed by atoms with van der Waals surface area (Å²) in [6, 6.07) is 6.42. The maximum atomic E-state index is 13.7. The number of hydrogen-bond acceptors (Lipinski definition) is 6. The highest BCUT2D eigenvalue weighted by Crippen LogP contribution is 2.39. The third kappa shape index (κ3) is 4.55. The predicted octanol–water partition coefficient (Wildman–Crippen LogP) is 5.08. The van der Waals surface area contributed by atoms with Gasteiger partial charge >= 0.3 is 6.18 Å². The van der Waals surface area contributed by atoms with Crippen LogP contribution in [0, 0.1) is 0 Å². The van der Waals surface area contributed by atoms with E-state index in [1.165, 1.54) is 31.2 Å². The van der Waals surface area contributed by atoms with E-state index in [0.29, 0.717) is 19.4 Å². The molecular weight excluding hydrogens is 479 g/mol. The summed E-state index contributed by atoms with van der Waals surface area (Å²) in [5, 5.41) is 0.216. The van der Waals surface area contributed by atoms with Gasteiger partial charge in [-0.15, -0.1) is 0 Å². The Kier molecular flexibility index (Phi) is 6.70. The SMILES string of the molecule is CCn1c(C(F)F)nc2sc(N3CCC[C@@H]3C(=O)C[C@@H](c3ccccc3)C(F)(F)F)nc2c1=O. The average molecular weight is 500 g/mol. The van der Waals surface area contributed by atoms with Crippen molar-refractivity contribution >= 4 is 32.6 Å². The largest absolute Gasteiger partial charge is 0.396 e. The van der Waals surface area contributed by atoms with E-state index >= 15 is 0 Å². The van der Waals surface area contributed by atoms with E-state index in [0.717, 1.165) is 15.9 Å². The van der Waals surface area contributed by atoms with Gasteiger partial charge in [-0.05, 0) is 25.3 Å². The summed E-state index contributed by atoms with van der Waals surface area (Å²) in [5.74, 6) is -3.19. The number of ketones is 1. The Morgan fingerprint density at radius 3 is 2.53 bits per heavy atom. The Morgan fingerprint density at radius 2 is 1.91 bits per heavy atom. The molecule has 1 fully saturated rings. The fourth-order valence-corrected chi connectivity index (χ4v) is 5.30. The maximum absolute atomic E-state index is 13.7. The Hall–Kier alpha value is -2.89. The second-order valence-corrected chi connectivity index (χ2v) is 8.95. The minimum Gasteiger partial charge on any atom is -0.338 e. The summed E-state index contributed by atoms with van der Waals surface area (Å²) < 4.78 is 68.8. The number of halogens is 5. The second kappa shape index (κ2) is 9.40. The number of anilines is 1. The minimum atomic E-state index is -4.60. The average Bonchev–Trinajstić information content (AvgIpc) is 3.44. The lowest BCUT2D eigenvalue weighted by atomic mass is 9.90. The third-order valence-corrected chi connectivity index (χ3v) is 6.91. The number of alkyl halides is 5. The van der Waals surface area contributed by atoms with Crippen molar-refractivity contribution in [2.45, 2.75) is 57.3 Å². The number of Topliss-reactive ketones (excluding diaryl/α,β-unsaturated/α-hetero) is 1. The highest BCUT2D eigenvalue weighted by Gasteiger charge is 2.44. The molecule has 2 atom stereocenters. The van der Waals surface area contributed by atoms with Crippen molar-refractivity contribution in [2.24, 2.45) is 0 Å². The van der Waals surface area contributed by atoms with Crippen LogP contribution in [0.4, 0.5) is 27.1 Å². The van der Waals surface area contributed by atoms with E-state index < -0.39 is 48.1 Å². The van der Waals surface area contributed by atoms with E-state index in [-0.39, 0.29) is 27.6 Å². The van der Waals surface area contributed by atoms with Gasteiger partial charge in [-0.3, -0.25) is 14.2 Å². The molecule has 3 aromatic rings. The number of aromatic nitrogens is 3. The van der Waals surface area contributed by atoms with Crippen molar-refractivity contribution in [3.63, 3.8) is 0 Å². The highest BCUT2D eigenvalue weighted by atomic mass is 32.1. The standard InChI is InChI=1S/C22H21F5N4O2S/c1-2-30-18(17(23)24)29-19-16(20(30)33)28-21(34-19)31-10-6-9-14(31)15(32)11-13(22(25,26)27)12-7-4-3-5-8-12/h3-5,7-8,13-14,17H,2,6,9-11H2,1H3/t13-,14+/m0/s1. The first-order valence-corrected chi connectivity index (χ1v) is 11.5. The highest BCUT2D eigenvalue weighted by molar-refractivity contribution is 7.21. The van der Waals surface area contributed by atoms with Crippen LogP contribution in [0.3, 0.4) is 0 Å². The van der Waals surface area contributed by atoms with Gasteiger partial charge in [0, 0.05) is 19.5 Å². The van der Waals surface area contributed by atoms with Crippen molar-refractivity contribution in [3.05, 3.63) is 52.1 Å². The van der Waals surface area contributed by atoms with E-state index in [2.05, 4.69) is 9.97 Å². The van der Waals surface area contributed by atoms with Gasteiger partial charge in [-0.25, -0.2) is 18.7 Å². The van der Waals surface area contributed by atoms with Crippen molar-refractivity contribution in [1.29, 1.82) is 0 Å². The molecule has 1 aromatic carbocycles. The monoisotopic (exact) mass is 500 g/mol. The lowest BCUT2D eigenvalue weighted by Gasteiger charge is -2.26. The summed E-state index contributed by atoms with van der Waals surface area (Å²) in [6.45, 7) is 1.87. The molecule has 0 unspecified atom stereocenters. The van der Waals surface area contributed by atoms with Gasteiger partial charge < -0.3 is 4.90 Å². The smallest absolute Gasteiger partial charge is 0.338 e. The number of thiazole rings is 1. The van der Waals surface area contributed by atoms with Gasteiger partial charge in [0.05, 0.1) is 12.0 Å². The molecule has 1 aliphatic rings. The lowest BCUT2D eigenvalue weighted by Crippen LogP contribution is -2.38. The van der Waals surface area contributed by atoms with Crippen LogP contribution in [-0.4, -0.2) is 39.1 Å². The molecule has 6 nitrogen and oxygen atoms in total. The number of fused-ring (bicyclic) bond motifs is 1. The number of carbonyl (C=O) groups excluding carboxylic acids is 1. The van der Waals surface area contributed by atoms with Crippen molar-refractivity contribution in [2.75, 3.05) is 11.4 Å². The zero-order valence-corrected chi connectivity index (χ0v) is 18.9. The lowest BCUT2D eigenvalue weighted by molar-refractivity contribution is -0.157. The minimum absolute atomic E-state index is 0.00977. The fraction of sp³-hybridized carbons (Fsp3) is 0.455. The van der Waals surface area contributed by atoms with Gasteiger partial charge in [0.25, 0.3) is 12.0 Å². The van der Waals surface area contributed by atoms with Crippen LogP contribution in [0.1, 0.15) is 49.9 Å². The Labute approximate surface area is 195 Å².